The lowest BCUT2D eigenvalue weighted by molar-refractivity contribution is -0.330. The number of nitrogens with zero attached hydrogens (tertiary/aromatic N) is 2. The van der Waals surface area contributed by atoms with Gasteiger partial charge in [0, 0.05) is 40.5 Å². The Kier molecular flexibility index (Phi) is 29.4. The Morgan fingerprint density at radius 2 is 1.33 bits per heavy atom. The summed E-state index contributed by atoms with van der Waals surface area (Å²) >= 11 is 15.3. The van der Waals surface area contributed by atoms with Crippen molar-refractivity contribution in [3.8, 4) is 57.1 Å². The van der Waals surface area contributed by atoms with Crippen LogP contribution in [0.2, 0.25) is 10.0 Å². The molecule has 0 saturated carbocycles. The van der Waals surface area contributed by atoms with Crippen LogP contribution >= 0.6 is 35.0 Å². The van der Waals surface area contributed by atoms with Crippen LogP contribution in [0.1, 0.15) is 169 Å². The molecule has 0 aliphatic carbocycles. The van der Waals surface area contributed by atoms with E-state index in [1.54, 1.807) is 13.8 Å². The van der Waals surface area contributed by atoms with Crippen molar-refractivity contribution < 1.29 is 113 Å². The average molecular weight is 1710 g/mol. The van der Waals surface area contributed by atoms with Gasteiger partial charge in [-0.2, -0.15) is 0 Å². The highest BCUT2D eigenvalue weighted by Crippen LogP contribution is 2.50. The van der Waals surface area contributed by atoms with Gasteiger partial charge in [0.1, 0.15) is 89.1 Å². The molecule has 9 unspecified atom stereocenters. The molecule has 39 heteroatoms. The second kappa shape index (κ2) is 39.0. The number of fused-ring (bicyclic) bond motifs is 15. The number of carboxylic acid groups (broad SMARTS) is 1. The lowest BCUT2D eigenvalue weighted by Crippen LogP contribution is -2.65. The minimum Gasteiger partial charge on any atom is -0.508 e. The Hall–Kier alpha value is -10.0. The Balaban J connectivity index is 1.13. The first-order valence-electron chi connectivity index (χ1n) is 38.9. The molecule has 7 aliphatic rings. The number of aliphatic carboxylic acids is 1. The molecule has 2 fully saturated rings. The SMILES string of the molecule is CCCCCCCCCCNC1(C)CC(OC2C(Oc3c4cc5cc3Oc3ccc(cc3Cl)[C@@H](O)[C@@H](NC(=O)[C@@H](CC(C)C)NC)C(=O)N[C@@H](CC(N)=O)C(=O)N[C@H]5C(=O)N[C@H]3C(=O)N[C@H](C(=O)N[C@@H](C(=O)O)c5cc(O)cc(O)c5-c5cc3ccc5O)[C@H](O)c3ccc(c(Cl)c3)O4)OC(CSc3nnc(C)c(=O)[nH]3)C(O)C2O)OC(C)C1O. The zero-order chi connectivity index (χ0) is 86.2. The van der Waals surface area contributed by atoms with Crippen molar-refractivity contribution in [2.75, 3.05) is 19.3 Å². The zero-order valence-corrected chi connectivity index (χ0v) is 68.2. The lowest BCUT2D eigenvalue weighted by atomic mass is 9.85. The van der Waals surface area contributed by atoms with E-state index in [1.165, 1.54) is 26.1 Å². The third-order valence-electron chi connectivity index (χ3n) is 21.3. The first-order valence-corrected chi connectivity index (χ1v) is 40.7. The van der Waals surface area contributed by atoms with Crippen LogP contribution in [-0.4, -0.2) is 207 Å². The molecular weight excluding hydrogens is 1620 g/mol. The number of carbonyl (C=O) groups excluding carboxylic acids is 7. The monoisotopic (exact) mass is 1710 g/mol. The van der Waals surface area contributed by atoms with E-state index < -0.39 is 236 Å². The molecule has 5 aromatic carbocycles. The normalized spacial score (nSPS) is 26.8. The van der Waals surface area contributed by atoms with Crippen molar-refractivity contribution in [2.24, 2.45) is 11.7 Å². The first-order chi connectivity index (χ1) is 56.5. The summed E-state index contributed by atoms with van der Waals surface area (Å²) in [6.45, 7) is 11.1. The number of thioether (sulfide) groups is 1. The van der Waals surface area contributed by atoms with Gasteiger partial charge in [-0.15, -0.1) is 10.2 Å². The van der Waals surface area contributed by atoms with Gasteiger partial charge in [-0.3, -0.25) is 43.3 Å². The number of hydrogen-bond donors (Lipinski definition) is 19. The van der Waals surface area contributed by atoms with Crippen molar-refractivity contribution in [2.45, 2.75) is 227 Å². The fourth-order valence-electron chi connectivity index (χ4n) is 14.9. The number of unbranched alkanes of at least 4 members (excludes halogenated alkanes) is 7. The molecule has 0 spiro atoms. The number of aromatic amines is 1. The number of nitrogens with two attached hydrogens (primary N) is 1. The number of aryl methyl sites for hydroxylation is 1. The van der Waals surface area contributed by atoms with Crippen molar-refractivity contribution in [3.05, 3.63) is 133 Å². The third-order valence-corrected chi connectivity index (χ3v) is 22.9. The number of benzene rings is 5. The zero-order valence-electron chi connectivity index (χ0n) is 65.9. The number of phenolic OH excluding ortho intramolecular Hbond substituents is 3. The average Bonchev–Trinajstić information content (AvgIpc) is 0.769. The lowest BCUT2D eigenvalue weighted by Gasteiger charge is -2.48. The maximum Gasteiger partial charge on any atom is 0.330 e. The second-order valence-electron chi connectivity index (χ2n) is 30.7. The number of carboxylic acids is 1. The number of primary amides is 1. The third kappa shape index (κ3) is 21.1. The van der Waals surface area contributed by atoms with Crippen LogP contribution in [-0.2, 0) is 52.6 Å². The van der Waals surface area contributed by atoms with E-state index in [-0.39, 0.29) is 62.8 Å². The topological polar surface area (TPSA) is 555 Å². The van der Waals surface area contributed by atoms with Gasteiger partial charge >= 0.3 is 5.97 Å². The molecule has 0 radical (unpaired) electrons. The molecule has 7 aliphatic heterocycles. The summed E-state index contributed by atoms with van der Waals surface area (Å²) in [6, 6.07) is -0.509. The van der Waals surface area contributed by atoms with Gasteiger partial charge in [0.2, 0.25) is 53.4 Å². The van der Waals surface area contributed by atoms with Crippen LogP contribution in [0.5, 0.6) is 46.0 Å². The quantitative estimate of drug-likeness (QED) is 0.0278. The number of H-pyrrole nitrogens is 1. The summed E-state index contributed by atoms with van der Waals surface area (Å²) in [5.74, 6) is -16.3. The highest BCUT2D eigenvalue weighted by Gasteiger charge is 2.52. The van der Waals surface area contributed by atoms with E-state index in [1.807, 2.05) is 13.8 Å². The van der Waals surface area contributed by atoms with Crippen LogP contribution in [0.15, 0.2) is 88.8 Å². The number of aliphatic hydroxyl groups excluding tert-OH is 5. The fourth-order valence-corrected chi connectivity index (χ4v) is 16.2. The van der Waals surface area contributed by atoms with Gasteiger partial charge in [-0.25, -0.2) is 4.79 Å². The summed E-state index contributed by atoms with van der Waals surface area (Å²) in [5, 5.41) is 135. The summed E-state index contributed by atoms with van der Waals surface area (Å²) in [6.07, 6.45) is -9.83. The predicted molar refractivity (Wildman–Crippen MR) is 427 cm³/mol. The van der Waals surface area contributed by atoms with Crippen molar-refractivity contribution in [1.82, 2.24) is 57.7 Å². The van der Waals surface area contributed by atoms with Gasteiger partial charge in [0.25, 0.3) is 5.56 Å². The number of ether oxygens (including phenoxy) is 6. The standard InChI is InChI=1S/C80H98Cl2N12O24S/c1-8-9-10-11-12-13-14-15-22-85-80(6)32-56(113-36(5)69(80)103)117-68-66(102)65(101)54(33-119-79-92-70(104)35(4)93-94-79)116-78(68)118-67-52-27-40-28-53(67)115-51-21-18-39(26-45(51)82)64(100)62-76(110)89-60(77(111)112)43-29-41(95)30-49(97)57(43)42-24-37(16-19-48(42)96)58(73(107)91-62)88-74(108)59(40)87-72(106)47(31-55(83)98)86-75(109)61(90-71(105)46(84-7)23-34(2)3)63(99)38-17-20-50(114-52)44(81)25-38/h16-21,24-30,34,36,46-47,54,56,58-66,68-69,78,84-85,95-97,99-103H,8-15,22-23,31-33H2,1-7H3,(H2,83,98)(H,86,109)(H,87,106)(H,88,108)(H,89,110)(H,90,105)(H,91,107)(H,111,112)(H,92,94,104)/t36?,46-,47+,54?,56?,58-,59-,60-,61-,62+,63-,64-,65?,66?,68?,69?,78?,80?/m1/s1. The van der Waals surface area contributed by atoms with Gasteiger partial charge in [-0.1, -0.05) is 119 Å². The Morgan fingerprint density at radius 1 is 0.706 bits per heavy atom. The molecule has 119 heavy (non-hydrogen) atoms. The number of aromatic nitrogens is 3. The molecule has 8 heterocycles. The molecule has 2 saturated heterocycles. The van der Waals surface area contributed by atoms with E-state index in [0.29, 0.717) is 6.54 Å². The number of halogens is 2. The van der Waals surface area contributed by atoms with Gasteiger partial charge in [0.05, 0.1) is 40.8 Å². The maximum atomic E-state index is 16.3. The van der Waals surface area contributed by atoms with Crippen molar-refractivity contribution >= 4 is 82.3 Å². The highest BCUT2D eigenvalue weighted by molar-refractivity contribution is 7.99. The fraction of sp³-hybridized carbons (Fsp3) is 0.487. The number of carbonyl (C=O) groups is 8. The molecule has 11 bridgehead atoms. The van der Waals surface area contributed by atoms with Crippen LogP contribution in [0.25, 0.3) is 11.1 Å². The van der Waals surface area contributed by atoms with E-state index >= 15 is 24.0 Å². The minimum atomic E-state index is -2.37. The van der Waals surface area contributed by atoms with E-state index in [9.17, 15) is 65.1 Å². The molecule has 6 aromatic rings. The molecule has 20 N–H and O–H groups in total. The van der Waals surface area contributed by atoms with Crippen LogP contribution in [0.3, 0.4) is 0 Å². The number of rotatable bonds is 25. The van der Waals surface area contributed by atoms with E-state index in [4.69, 9.17) is 57.4 Å². The Morgan fingerprint density at radius 3 is 1.95 bits per heavy atom. The molecule has 7 amide bonds. The number of amides is 7. The van der Waals surface area contributed by atoms with Crippen LogP contribution < -0.4 is 68.0 Å². The second-order valence-corrected chi connectivity index (χ2v) is 32.5. The highest BCUT2D eigenvalue weighted by atomic mass is 35.5. The van der Waals surface area contributed by atoms with Crippen LogP contribution in [0, 0.1) is 12.8 Å². The molecule has 1 aromatic heterocycles. The predicted octanol–water partition coefficient (Wildman–Crippen LogP) is 4.46. The number of aliphatic hydroxyl groups is 5. The summed E-state index contributed by atoms with van der Waals surface area (Å²) in [7, 11) is 1.48. The van der Waals surface area contributed by atoms with Gasteiger partial charge < -0.3 is 123 Å². The largest absolute Gasteiger partial charge is 0.508 e. The summed E-state index contributed by atoms with van der Waals surface area (Å²) in [4.78, 5) is 134. The van der Waals surface area contributed by atoms with Crippen molar-refractivity contribution in [1.29, 1.82) is 0 Å². The van der Waals surface area contributed by atoms with E-state index in [2.05, 4.69) is 64.6 Å². The maximum absolute atomic E-state index is 16.3. The number of nitrogens with one attached hydrogen (secondary N) is 9. The molecule has 18 atom stereocenters. The Bertz CT molecular complexity index is 4840. The smallest absolute Gasteiger partial charge is 0.330 e. The molecule has 13 rings (SSSR count). The van der Waals surface area contributed by atoms with Gasteiger partial charge in [-0.05, 0) is 130 Å². The van der Waals surface area contributed by atoms with E-state index in [0.717, 1.165) is 130 Å². The number of likely N-dealkylation sites (N-methyl/N-ethyl adjacent to an activating group) is 1. The molecule has 642 valence electrons. The molecular formula is C80H98Cl2N12O24S. The summed E-state index contributed by atoms with van der Waals surface area (Å²) in [5.41, 5.74) is 1.29. The number of hydrogen-bond acceptors (Lipinski definition) is 28. The van der Waals surface area contributed by atoms with Gasteiger partial charge in [0.15, 0.2) is 35.1 Å². The first kappa shape index (κ1) is 89.8. The number of phenols is 3. The molecule has 36 nitrogen and oxygen atoms in total. The summed E-state index contributed by atoms with van der Waals surface area (Å²) < 4.78 is 40.4. The minimum absolute atomic E-state index is 0.0290. The van der Waals surface area contributed by atoms with Crippen LogP contribution in [0.4, 0.5) is 0 Å². The van der Waals surface area contributed by atoms with Crippen molar-refractivity contribution in [3.63, 3.8) is 0 Å². The Labute approximate surface area is 696 Å². The number of aromatic hydroxyl groups is 3.